The van der Waals surface area contributed by atoms with Crippen LogP contribution in [0, 0.1) is 5.92 Å². The molecule has 0 aromatic rings. The highest BCUT2D eigenvalue weighted by Crippen LogP contribution is 2.47. The van der Waals surface area contributed by atoms with E-state index in [9.17, 15) is 22.4 Å². The van der Waals surface area contributed by atoms with Crippen molar-refractivity contribution < 1.29 is 27.5 Å². The molecule has 1 saturated heterocycles. The zero-order valence-electron chi connectivity index (χ0n) is 7.51. The predicted octanol–water partition coefficient (Wildman–Crippen LogP) is 0.526. The maximum Gasteiger partial charge on any atom is 0.351 e. The lowest BCUT2D eigenvalue weighted by atomic mass is 9.75. The Morgan fingerprint density at radius 2 is 1.80 bits per heavy atom. The van der Waals surface area contributed by atoms with Crippen LogP contribution in [0.25, 0.3) is 0 Å². The Balaban J connectivity index is 2.05. The van der Waals surface area contributed by atoms with E-state index in [1.165, 1.54) is 0 Å². The van der Waals surface area contributed by atoms with Crippen LogP contribution in [-0.2, 0) is 4.79 Å². The van der Waals surface area contributed by atoms with E-state index in [-0.39, 0.29) is 0 Å². The van der Waals surface area contributed by atoms with Gasteiger partial charge in [0, 0.05) is 12.8 Å². The van der Waals surface area contributed by atoms with Crippen LogP contribution in [0.1, 0.15) is 12.8 Å². The molecule has 1 amide bonds. The minimum atomic E-state index is -3.87. The fourth-order valence-electron chi connectivity index (χ4n) is 2.02. The lowest BCUT2D eigenvalue weighted by Crippen LogP contribution is -2.50. The fraction of sp³-hybridized carbons (Fsp3) is 0.875. The van der Waals surface area contributed by atoms with Crippen molar-refractivity contribution >= 4 is 5.91 Å². The third kappa shape index (κ3) is 1.49. The number of carbonyl (C=O) groups is 1. The van der Waals surface area contributed by atoms with Gasteiger partial charge in [0.1, 0.15) is 6.10 Å². The number of rotatable bonds is 1. The van der Waals surface area contributed by atoms with Gasteiger partial charge < -0.3 is 10.4 Å². The summed E-state index contributed by atoms with van der Waals surface area (Å²) < 4.78 is 50.6. The summed E-state index contributed by atoms with van der Waals surface area (Å²) in [5, 5.41) is 11.0. The average Bonchev–Trinajstić information content (AvgIpc) is 2.25. The topological polar surface area (TPSA) is 49.3 Å². The summed E-state index contributed by atoms with van der Waals surface area (Å²) in [7, 11) is 0. The normalized spacial score (nSPS) is 38.6. The third-order valence-electron chi connectivity index (χ3n) is 2.94. The van der Waals surface area contributed by atoms with Gasteiger partial charge in [0.2, 0.25) is 5.92 Å². The molecule has 86 valence electrons. The van der Waals surface area contributed by atoms with Crippen LogP contribution in [-0.4, -0.2) is 35.0 Å². The molecule has 2 fully saturated rings. The van der Waals surface area contributed by atoms with E-state index in [0.29, 0.717) is 0 Å². The first-order chi connectivity index (χ1) is 6.74. The number of hydrogen-bond acceptors (Lipinski definition) is 2. The number of aliphatic hydroxyl groups is 1. The lowest BCUT2D eigenvalue weighted by Gasteiger charge is -2.39. The van der Waals surface area contributed by atoms with Gasteiger partial charge in [-0.25, -0.2) is 8.78 Å². The number of aliphatic hydroxyl groups excluding tert-OH is 1. The van der Waals surface area contributed by atoms with Crippen molar-refractivity contribution in [2.45, 2.75) is 36.8 Å². The molecule has 2 unspecified atom stereocenters. The molecule has 0 spiro atoms. The van der Waals surface area contributed by atoms with Gasteiger partial charge in [0.15, 0.2) is 0 Å². The van der Waals surface area contributed by atoms with E-state index in [4.69, 9.17) is 5.11 Å². The number of alkyl halides is 4. The van der Waals surface area contributed by atoms with Crippen LogP contribution in [0.15, 0.2) is 0 Å². The van der Waals surface area contributed by atoms with Crippen molar-refractivity contribution in [1.82, 2.24) is 5.32 Å². The summed E-state index contributed by atoms with van der Waals surface area (Å²) in [5.41, 5.74) is 0. The number of amides is 1. The number of hydrogen-bond donors (Lipinski definition) is 2. The minimum absolute atomic E-state index is 0.564. The number of nitrogens with one attached hydrogen (secondary N) is 1. The van der Waals surface area contributed by atoms with E-state index in [0.717, 1.165) is 0 Å². The first-order valence-electron chi connectivity index (χ1n) is 4.49. The van der Waals surface area contributed by atoms with Gasteiger partial charge in [-0.3, -0.25) is 4.79 Å². The Hall–Kier alpha value is -0.850. The van der Waals surface area contributed by atoms with Crippen molar-refractivity contribution in [2.75, 3.05) is 0 Å². The highest BCUT2D eigenvalue weighted by atomic mass is 19.3. The molecule has 2 rings (SSSR count). The van der Waals surface area contributed by atoms with Crippen molar-refractivity contribution in [3.8, 4) is 0 Å². The summed E-state index contributed by atoms with van der Waals surface area (Å²) in [6.07, 6.45) is -3.33. The van der Waals surface area contributed by atoms with Crippen molar-refractivity contribution in [2.24, 2.45) is 5.92 Å². The molecule has 3 nitrogen and oxygen atoms in total. The van der Waals surface area contributed by atoms with E-state index in [2.05, 4.69) is 0 Å². The molecule has 1 aliphatic carbocycles. The largest absolute Gasteiger partial charge is 0.384 e. The molecule has 2 aliphatic rings. The monoisotopic (exact) mass is 227 g/mol. The molecule has 1 heterocycles. The Morgan fingerprint density at radius 1 is 1.27 bits per heavy atom. The molecular formula is C8H9F4NO2. The van der Waals surface area contributed by atoms with Crippen molar-refractivity contribution in [3.05, 3.63) is 0 Å². The zero-order valence-corrected chi connectivity index (χ0v) is 7.51. The number of halogens is 4. The van der Waals surface area contributed by atoms with Crippen LogP contribution in [0.4, 0.5) is 17.6 Å². The SMILES string of the molecule is O=C1NC(C2CC(F)(F)C2)C(O)C1(F)F. The van der Waals surface area contributed by atoms with E-state index >= 15 is 0 Å². The first-order valence-corrected chi connectivity index (χ1v) is 4.49. The lowest BCUT2D eigenvalue weighted by molar-refractivity contribution is -0.155. The third-order valence-corrected chi connectivity index (χ3v) is 2.94. The summed E-state index contributed by atoms with van der Waals surface area (Å²) in [4.78, 5) is 10.7. The Bertz CT molecular complexity index is 299. The predicted molar refractivity (Wildman–Crippen MR) is 40.6 cm³/mol. The quantitative estimate of drug-likeness (QED) is 0.642. The smallest absolute Gasteiger partial charge is 0.351 e. The van der Waals surface area contributed by atoms with Crippen LogP contribution >= 0.6 is 0 Å². The second kappa shape index (κ2) is 2.84. The molecule has 0 bridgehead atoms. The molecule has 2 atom stereocenters. The van der Waals surface area contributed by atoms with Crippen LogP contribution in [0.2, 0.25) is 0 Å². The summed E-state index contributed by atoms with van der Waals surface area (Å²) >= 11 is 0. The minimum Gasteiger partial charge on any atom is -0.384 e. The van der Waals surface area contributed by atoms with E-state index in [1.807, 2.05) is 5.32 Å². The molecule has 1 saturated carbocycles. The fourth-order valence-corrected chi connectivity index (χ4v) is 2.02. The van der Waals surface area contributed by atoms with Crippen molar-refractivity contribution in [3.63, 3.8) is 0 Å². The standard InChI is InChI=1S/C8H9F4NO2/c9-7(10)1-3(2-7)4-5(14)8(11,12)6(15)13-4/h3-5,14H,1-2H2,(H,13,15). The molecule has 0 aromatic heterocycles. The maximum atomic E-state index is 12.8. The Labute approximate surface area is 82.4 Å². The molecule has 0 radical (unpaired) electrons. The average molecular weight is 227 g/mol. The summed E-state index contributed by atoms with van der Waals surface area (Å²) in [5.74, 6) is -9.08. The molecular weight excluding hydrogens is 218 g/mol. The van der Waals surface area contributed by atoms with Gasteiger partial charge in [-0.15, -0.1) is 0 Å². The Morgan fingerprint density at radius 3 is 2.13 bits per heavy atom. The second-order valence-electron chi connectivity index (χ2n) is 4.09. The number of carbonyl (C=O) groups excluding carboxylic acids is 1. The highest BCUT2D eigenvalue weighted by molar-refractivity contribution is 5.87. The van der Waals surface area contributed by atoms with E-state index < -0.39 is 48.7 Å². The van der Waals surface area contributed by atoms with Gasteiger partial charge in [-0.1, -0.05) is 0 Å². The van der Waals surface area contributed by atoms with Gasteiger partial charge in [-0.2, -0.15) is 8.78 Å². The van der Waals surface area contributed by atoms with Crippen LogP contribution in [0.5, 0.6) is 0 Å². The zero-order chi connectivity index (χ0) is 11.4. The highest BCUT2D eigenvalue weighted by Gasteiger charge is 2.62. The van der Waals surface area contributed by atoms with E-state index in [1.54, 1.807) is 0 Å². The molecule has 7 heteroatoms. The maximum absolute atomic E-state index is 12.8. The summed E-state index contributed by atoms with van der Waals surface area (Å²) in [6.45, 7) is 0. The van der Waals surface area contributed by atoms with Gasteiger partial charge >= 0.3 is 5.92 Å². The van der Waals surface area contributed by atoms with Crippen LogP contribution < -0.4 is 5.32 Å². The van der Waals surface area contributed by atoms with Crippen molar-refractivity contribution in [1.29, 1.82) is 0 Å². The van der Waals surface area contributed by atoms with Gasteiger partial charge in [0.25, 0.3) is 5.91 Å². The molecule has 0 aromatic carbocycles. The van der Waals surface area contributed by atoms with Crippen LogP contribution in [0.3, 0.4) is 0 Å². The molecule has 15 heavy (non-hydrogen) atoms. The molecule has 1 aliphatic heterocycles. The first kappa shape index (κ1) is 10.7. The molecule has 2 N–H and O–H groups in total. The van der Waals surface area contributed by atoms with Gasteiger partial charge in [-0.05, 0) is 5.92 Å². The second-order valence-corrected chi connectivity index (χ2v) is 4.09. The van der Waals surface area contributed by atoms with Gasteiger partial charge in [0.05, 0.1) is 6.04 Å². The summed E-state index contributed by atoms with van der Waals surface area (Å²) in [6, 6.07) is -1.26. The Kier molecular flexibility index (Phi) is 2.02.